The Morgan fingerprint density at radius 3 is 2.38 bits per heavy atom. The van der Waals surface area contributed by atoms with Crippen LogP contribution in [-0.4, -0.2) is 30.1 Å². The number of nitrogens with one attached hydrogen (secondary N) is 1. The Morgan fingerprint density at radius 2 is 1.81 bits per heavy atom. The van der Waals surface area contributed by atoms with Crippen molar-refractivity contribution in [3.63, 3.8) is 0 Å². The minimum Gasteiger partial charge on any atom is -0.496 e. The van der Waals surface area contributed by atoms with Gasteiger partial charge in [0.2, 0.25) is 5.91 Å². The van der Waals surface area contributed by atoms with Gasteiger partial charge in [0.15, 0.2) is 0 Å². The zero-order valence-corrected chi connectivity index (χ0v) is 15.7. The number of ether oxygens (including phenoxy) is 1. The molecule has 1 amide bonds. The molecule has 0 heterocycles. The van der Waals surface area contributed by atoms with Gasteiger partial charge in [-0.05, 0) is 62.6 Å². The monoisotopic (exact) mass is 359 g/mol. The SMILES string of the molecule is COc1cc(C2(C(=O)NC3CCC(C(=O)O)CC3)CCCC2)ccc1C. The van der Waals surface area contributed by atoms with Gasteiger partial charge in [-0.1, -0.05) is 25.0 Å². The number of aliphatic carboxylic acids is 1. The molecule has 2 N–H and O–H groups in total. The number of carbonyl (C=O) groups is 2. The topological polar surface area (TPSA) is 75.6 Å². The van der Waals surface area contributed by atoms with Gasteiger partial charge in [-0.2, -0.15) is 0 Å². The van der Waals surface area contributed by atoms with Crippen LogP contribution in [0.15, 0.2) is 18.2 Å². The minimum atomic E-state index is -0.714. The molecule has 0 radical (unpaired) electrons. The van der Waals surface area contributed by atoms with Gasteiger partial charge in [0.25, 0.3) is 0 Å². The van der Waals surface area contributed by atoms with Gasteiger partial charge in [-0.15, -0.1) is 0 Å². The summed E-state index contributed by atoms with van der Waals surface area (Å²) in [6, 6.07) is 6.19. The maximum atomic E-state index is 13.3. The summed E-state index contributed by atoms with van der Waals surface area (Å²) < 4.78 is 5.47. The van der Waals surface area contributed by atoms with Gasteiger partial charge in [0, 0.05) is 6.04 Å². The van der Waals surface area contributed by atoms with Crippen LogP contribution >= 0.6 is 0 Å². The third kappa shape index (κ3) is 3.57. The molecular formula is C21H29NO4. The Hall–Kier alpha value is -2.04. The average molecular weight is 359 g/mol. The van der Waals surface area contributed by atoms with Gasteiger partial charge in [0.05, 0.1) is 18.4 Å². The lowest BCUT2D eigenvalue weighted by Gasteiger charge is -2.33. The molecule has 5 heteroatoms. The van der Waals surface area contributed by atoms with Crippen molar-refractivity contribution in [1.29, 1.82) is 0 Å². The molecule has 2 aliphatic carbocycles. The highest BCUT2D eigenvalue weighted by atomic mass is 16.5. The second-order valence-electron chi connectivity index (χ2n) is 7.83. The molecule has 0 spiro atoms. The van der Waals surface area contributed by atoms with Crippen LogP contribution in [0.4, 0.5) is 0 Å². The number of benzene rings is 1. The quantitative estimate of drug-likeness (QED) is 0.843. The lowest BCUT2D eigenvalue weighted by atomic mass is 9.77. The van der Waals surface area contributed by atoms with Crippen molar-refractivity contribution in [3.05, 3.63) is 29.3 Å². The highest BCUT2D eigenvalue weighted by molar-refractivity contribution is 5.89. The van der Waals surface area contributed by atoms with E-state index in [1.54, 1.807) is 7.11 Å². The molecule has 26 heavy (non-hydrogen) atoms. The van der Waals surface area contributed by atoms with Crippen molar-refractivity contribution >= 4 is 11.9 Å². The van der Waals surface area contributed by atoms with E-state index in [0.29, 0.717) is 12.8 Å². The summed E-state index contributed by atoms with van der Waals surface area (Å²) in [4.78, 5) is 24.4. The van der Waals surface area contributed by atoms with Crippen molar-refractivity contribution in [3.8, 4) is 5.75 Å². The zero-order valence-electron chi connectivity index (χ0n) is 15.7. The molecule has 0 saturated heterocycles. The van der Waals surface area contributed by atoms with E-state index >= 15 is 0 Å². The van der Waals surface area contributed by atoms with E-state index in [1.807, 2.05) is 19.1 Å². The van der Waals surface area contributed by atoms with E-state index in [2.05, 4.69) is 11.4 Å². The summed E-state index contributed by atoms with van der Waals surface area (Å²) in [6.07, 6.45) is 6.60. The predicted octanol–water partition coefficient (Wildman–Crippen LogP) is 3.58. The molecular weight excluding hydrogens is 330 g/mol. The predicted molar refractivity (Wildman–Crippen MR) is 99.4 cm³/mol. The number of aryl methyl sites for hydroxylation is 1. The maximum Gasteiger partial charge on any atom is 0.306 e. The molecule has 142 valence electrons. The first-order valence-corrected chi connectivity index (χ1v) is 9.65. The van der Waals surface area contributed by atoms with Crippen LogP contribution in [0.5, 0.6) is 5.75 Å². The Kier molecular flexibility index (Phi) is 5.54. The summed E-state index contributed by atoms with van der Waals surface area (Å²) in [7, 11) is 1.66. The molecule has 1 aromatic carbocycles. The van der Waals surface area contributed by atoms with Crippen molar-refractivity contribution in [2.24, 2.45) is 5.92 Å². The van der Waals surface area contributed by atoms with Crippen LogP contribution in [0, 0.1) is 12.8 Å². The molecule has 2 fully saturated rings. The van der Waals surface area contributed by atoms with E-state index in [1.165, 1.54) is 0 Å². The van der Waals surface area contributed by atoms with Crippen molar-refractivity contribution in [2.75, 3.05) is 7.11 Å². The normalized spacial score (nSPS) is 24.8. The summed E-state index contributed by atoms with van der Waals surface area (Å²) in [5, 5.41) is 12.4. The van der Waals surface area contributed by atoms with E-state index < -0.39 is 11.4 Å². The first kappa shape index (κ1) is 18.7. The number of amides is 1. The molecule has 0 aliphatic heterocycles. The summed E-state index contributed by atoms with van der Waals surface area (Å²) >= 11 is 0. The van der Waals surface area contributed by atoms with E-state index in [9.17, 15) is 9.59 Å². The second kappa shape index (κ2) is 7.68. The molecule has 1 aromatic rings. The Bertz CT molecular complexity index is 671. The summed E-state index contributed by atoms with van der Waals surface area (Å²) in [6.45, 7) is 2.00. The van der Waals surface area contributed by atoms with Crippen LogP contribution in [0.1, 0.15) is 62.5 Å². The van der Waals surface area contributed by atoms with E-state index in [0.717, 1.165) is 55.4 Å². The Labute approximate surface area is 155 Å². The molecule has 2 saturated carbocycles. The molecule has 0 atom stereocenters. The van der Waals surface area contributed by atoms with Crippen LogP contribution in [0.25, 0.3) is 0 Å². The average Bonchev–Trinajstić information content (AvgIpc) is 3.13. The fraction of sp³-hybridized carbons (Fsp3) is 0.619. The Morgan fingerprint density at radius 1 is 1.15 bits per heavy atom. The smallest absolute Gasteiger partial charge is 0.306 e. The number of rotatable bonds is 5. The maximum absolute atomic E-state index is 13.3. The third-order valence-corrected chi connectivity index (χ3v) is 6.26. The third-order valence-electron chi connectivity index (χ3n) is 6.26. The molecule has 0 unspecified atom stereocenters. The lowest BCUT2D eigenvalue weighted by molar-refractivity contribution is -0.142. The first-order chi connectivity index (χ1) is 12.5. The van der Waals surface area contributed by atoms with Crippen LogP contribution in [0.3, 0.4) is 0 Å². The van der Waals surface area contributed by atoms with Crippen molar-refractivity contribution in [2.45, 2.75) is 69.7 Å². The lowest BCUT2D eigenvalue weighted by Crippen LogP contribution is -2.48. The minimum absolute atomic E-state index is 0.0860. The van der Waals surface area contributed by atoms with E-state index in [-0.39, 0.29) is 17.9 Å². The molecule has 5 nitrogen and oxygen atoms in total. The highest BCUT2D eigenvalue weighted by Crippen LogP contribution is 2.43. The molecule has 0 aromatic heterocycles. The number of methoxy groups -OCH3 is 1. The van der Waals surface area contributed by atoms with Gasteiger partial charge >= 0.3 is 5.97 Å². The number of carboxylic acids is 1. The first-order valence-electron chi connectivity index (χ1n) is 9.65. The summed E-state index contributed by atoms with van der Waals surface area (Å²) in [5.41, 5.74) is 1.62. The van der Waals surface area contributed by atoms with Crippen molar-refractivity contribution in [1.82, 2.24) is 5.32 Å². The fourth-order valence-electron chi connectivity index (χ4n) is 4.55. The zero-order chi connectivity index (χ0) is 18.7. The van der Waals surface area contributed by atoms with Gasteiger partial charge < -0.3 is 15.2 Å². The van der Waals surface area contributed by atoms with Crippen LogP contribution < -0.4 is 10.1 Å². The summed E-state index contributed by atoms with van der Waals surface area (Å²) in [5.74, 6) is -0.0537. The Balaban J connectivity index is 1.75. The highest BCUT2D eigenvalue weighted by Gasteiger charge is 2.44. The number of hydrogen-bond donors (Lipinski definition) is 2. The molecule has 0 bridgehead atoms. The largest absolute Gasteiger partial charge is 0.496 e. The number of carboxylic acid groups (broad SMARTS) is 1. The van der Waals surface area contributed by atoms with Crippen LogP contribution in [0.2, 0.25) is 0 Å². The van der Waals surface area contributed by atoms with Crippen molar-refractivity contribution < 1.29 is 19.4 Å². The second-order valence-corrected chi connectivity index (χ2v) is 7.83. The standard InChI is InChI=1S/C21H29NO4/c1-14-5-8-16(13-18(14)26-2)21(11-3-4-12-21)20(25)22-17-9-6-15(7-10-17)19(23)24/h5,8,13,15,17H,3-4,6-7,9-12H2,1-2H3,(H,22,25)(H,23,24). The fourth-order valence-corrected chi connectivity index (χ4v) is 4.55. The van der Waals surface area contributed by atoms with Gasteiger partial charge in [-0.25, -0.2) is 0 Å². The van der Waals surface area contributed by atoms with Crippen LogP contribution in [-0.2, 0) is 15.0 Å². The molecule has 3 rings (SSSR count). The number of hydrogen-bond acceptors (Lipinski definition) is 3. The molecule has 2 aliphatic rings. The number of carbonyl (C=O) groups excluding carboxylic acids is 1. The van der Waals surface area contributed by atoms with Gasteiger partial charge in [0.1, 0.15) is 5.75 Å². The van der Waals surface area contributed by atoms with Gasteiger partial charge in [-0.3, -0.25) is 9.59 Å². The van der Waals surface area contributed by atoms with E-state index in [4.69, 9.17) is 9.84 Å².